The van der Waals surface area contributed by atoms with Crippen molar-refractivity contribution in [2.45, 2.75) is 51.9 Å². The van der Waals surface area contributed by atoms with Gasteiger partial charge < -0.3 is 10.2 Å². The summed E-state index contributed by atoms with van der Waals surface area (Å²) in [6, 6.07) is 17.2. The number of hydrogen-bond acceptors (Lipinski definition) is 4. The van der Waals surface area contributed by atoms with E-state index in [-0.39, 0.29) is 6.61 Å². The average molecular weight is 407 g/mol. The highest BCUT2D eigenvalue weighted by atomic mass is 16.3. The molecule has 0 aromatic heterocycles. The van der Waals surface area contributed by atoms with E-state index in [0.29, 0.717) is 6.04 Å². The molecule has 30 heavy (non-hydrogen) atoms. The topological polar surface area (TPSA) is 46.9 Å². The molecule has 0 spiro atoms. The van der Waals surface area contributed by atoms with Gasteiger partial charge in [-0.25, -0.2) is 0 Å². The molecule has 1 saturated heterocycles. The van der Waals surface area contributed by atoms with Gasteiger partial charge in [0.05, 0.1) is 0 Å². The number of aliphatic hydroxyl groups is 2. The number of rotatable bonds is 6. The van der Waals surface area contributed by atoms with Crippen LogP contribution in [0.3, 0.4) is 0 Å². The fourth-order valence-electron chi connectivity index (χ4n) is 3.91. The smallest absolute Gasteiger partial charge is 0.120 e. The minimum absolute atomic E-state index is 0.220. The maximum Gasteiger partial charge on any atom is 0.120 e. The third-order valence-corrected chi connectivity index (χ3v) is 5.66. The van der Waals surface area contributed by atoms with Crippen LogP contribution in [-0.4, -0.2) is 57.9 Å². The first-order valence-electron chi connectivity index (χ1n) is 10.8. The average Bonchev–Trinajstić information content (AvgIpc) is 2.70. The zero-order valence-electron chi connectivity index (χ0n) is 18.4. The first kappa shape index (κ1) is 22.5. The number of aryl methyl sites for hydroxylation is 1. The van der Waals surface area contributed by atoms with E-state index in [1.807, 2.05) is 12.1 Å². The molecule has 2 aromatic rings. The number of benzene rings is 2. The standard InChI is InChI=1S/C26H34N2O2/c1-21-6-4-5-7-24(21)19-28-16-15-27(20-25(28)13-17-29)18-23-10-8-22(9-11-23)12-14-26(2,3)30/h4-11,25,29-30H,13,15-20H2,1-3H3/t25-/m1/s1. The Morgan fingerprint density at radius 3 is 2.43 bits per heavy atom. The van der Waals surface area contributed by atoms with E-state index < -0.39 is 5.60 Å². The molecular weight excluding hydrogens is 372 g/mol. The molecule has 1 heterocycles. The Bertz CT molecular complexity index is 874. The van der Waals surface area contributed by atoms with Gasteiger partial charge in [0.15, 0.2) is 0 Å². The van der Waals surface area contributed by atoms with Crippen LogP contribution in [0.15, 0.2) is 48.5 Å². The monoisotopic (exact) mass is 406 g/mol. The Kier molecular flexibility index (Phi) is 7.69. The van der Waals surface area contributed by atoms with Crippen LogP contribution < -0.4 is 0 Å². The van der Waals surface area contributed by atoms with Crippen LogP contribution in [0.4, 0.5) is 0 Å². The minimum atomic E-state index is -0.974. The highest BCUT2D eigenvalue weighted by molar-refractivity contribution is 5.37. The molecule has 0 aliphatic carbocycles. The van der Waals surface area contributed by atoms with Crippen molar-refractivity contribution in [3.8, 4) is 11.8 Å². The molecule has 4 nitrogen and oxygen atoms in total. The predicted molar refractivity (Wildman–Crippen MR) is 122 cm³/mol. The normalized spacial score (nSPS) is 18.1. The lowest BCUT2D eigenvalue weighted by Gasteiger charge is -2.41. The van der Waals surface area contributed by atoms with Gasteiger partial charge in [0, 0.05) is 50.9 Å². The van der Waals surface area contributed by atoms with Gasteiger partial charge in [-0.05, 0) is 56.0 Å². The highest BCUT2D eigenvalue weighted by Crippen LogP contribution is 2.20. The summed E-state index contributed by atoms with van der Waals surface area (Å²) in [5, 5.41) is 19.3. The van der Waals surface area contributed by atoms with E-state index in [1.54, 1.807) is 13.8 Å². The van der Waals surface area contributed by atoms with Gasteiger partial charge in [-0.2, -0.15) is 0 Å². The second-order valence-electron chi connectivity index (χ2n) is 8.80. The lowest BCUT2D eigenvalue weighted by atomic mass is 10.0. The number of aliphatic hydroxyl groups excluding tert-OH is 1. The number of hydrogen-bond donors (Lipinski definition) is 2. The van der Waals surface area contributed by atoms with Crippen LogP contribution in [0.25, 0.3) is 0 Å². The summed E-state index contributed by atoms with van der Waals surface area (Å²) in [6.45, 7) is 10.6. The molecule has 1 fully saturated rings. The maximum absolute atomic E-state index is 9.75. The first-order valence-corrected chi connectivity index (χ1v) is 10.8. The van der Waals surface area contributed by atoms with Crippen LogP contribution in [0.2, 0.25) is 0 Å². The Hall–Kier alpha value is -2.16. The zero-order chi connectivity index (χ0) is 21.6. The summed E-state index contributed by atoms with van der Waals surface area (Å²) in [6.07, 6.45) is 0.799. The van der Waals surface area contributed by atoms with Crippen LogP contribution in [0, 0.1) is 18.8 Å². The summed E-state index contributed by atoms with van der Waals surface area (Å²) in [5.74, 6) is 5.88. The van der Waals surface area contributed by atoms with E-state index in [1.165, 1.54) is 16.7 Å². The molecule has 2 N–H and O–H groups in total. The fraction of sp³-hybridized carbons (Fsp3) is 0.462. The Morgan fingerprint density at radius 1 is 1.03 bits per heavy atom. The van der Waals surface area contributed by atoms with Crippen LogP contribution in [0.1, 0.15) is 42.5 Å². The lowest BCUT2D eigenvalue weighted by Crippen LogP contribution is -2.52. The van der Waals surface area contributed by atoms with Crippen LogP contribution >= 0.6 is 0 Å². The van der Waals surface area contributed by atoms with Crippen molar-refractivity contribution in [2.24, 2.45) is 0 Å². The highest BCUT2D eigenvalue weighted by Gasteiger charge is 2.26. The second kappa shape index (κ2) is 10.2. The molecule has 160 valence electrons. The molecule has 0 saturated carbocycles. The van der Waals surface area contributed by atoms with Crippen molar-refractivity contribution in [1.82, 2.24) is 9.80 Å². The summed E-state index contributed by atoms with van der Waals surface area (Å²) >= 11 is 0. The van der Waals surface area contributed by atoms with E-state index in [4.69, 9.17) is 0 Å². The van der Waals surface area contributed by atoms with Gasteiger partial charge in [0.2, 0.25) is 0 Å². The summed E-state index contributed by atoms with van der Waals surface area (Å²) in [5.41, 5.74) is 3.91. The number of piperazine rings is 1. The van der Waals surface area contributed by atoms with Gasteiger partial charge in [0.25, 0.3) is 0 Å². The molecule has 2 aromatic carbocycles. The molecule has 3 rings (SSSR count). The second-order valence-corrected chi connectivity index (χ2v) is 8.80. The van der Waals surface area contributed by atoms with Gasteiger partial charge in [-0.15, -0.1) is 0 Å². The molecule has 4 heteroatoms. The van der Waals surface area contributed by atoms with Crippen molar-refractivity contribution in [3.05, 3.63) is 70.8 Å². The number of nitrogens with zero attached hydrogens (tertiary/aromatic N) is 2. The molecule has 0 bridgehead atoms. The Labute approximate surface area is 181 Å². The molecule has 0 amide bonds. The maximum atomic E-state index is 9.75. The van der Waals surface area contributed by atoms with Crippen molar-refractivity contribution in [3.63, 3.8) is 0 Å². The molecule has 1 aliphatic heterocycles. The van der Waals surface area contributed by atoms with Gasteiger partial charge in [-0.1, -0.05) is 48.2 Å². The third kappa shape index (κ3) is 6.68. The van der Waals surface area contributed by atoms with Gasteiger partial charge in [-0.3, -0.25) is 9.80 Å². The zero-order valence-corrected chi connectivity index (χ0v) is 18.4. The van der Waals surface area contributed by atoms with E-state index in [9.17, 15) is 10.2 Å². The van der Waals surface area contributed by atoms with Crippen molar-refractivity contribution < 1.29 is 10.2 Å². The van der Waals surface area contributed by atoms with E-state index in [0.717, 1.165) is 44.7 Å². The van der Waals surface area contributed by atoms with Gasteiger partial charge in [0.1, 0.15) is 5.60 Å². The quantitative estimate of drug-likeness (QED) is 0.724. The van der Waals surface area contributed by atoms with E-state index in [2.05, 4.69) is 65.0 Å². The lowest BCUT2D eigenvalue weighted by molar-refractivity contribution is 0.0498. The minimum Gasteiger partial charge on any atom is -0.396 e. The largest absolute Gasteiger partial charge is 0.396 e. The van der Waals surface area contributed by atoms with Crippen molar-refractivity contribution >= 4 is 0 Å². The summed E-state index contributed by atoms with van der Waals surface area (Å²) in [4.78, 5) is 5.00. The van der Waals surface area contributed by atoms with Crippen LogP contribution in [0.5, 0.6) is 0 Å². The van der Waals surface area contributed by atoms with Crippen molar-refractivity contribution in [2.75, 3.05) is 26.2 Å². The molecule has 0 radical (unpaired) electrons. The Morgan fingerprint density at radius 2 is 1.77 bits per heavy atom. The summed E-state index contributed by atoms with van der Waals surface area (Å²) in [7, 11) is 0. The van der Waals surface area contributed by atoms with Crippen molar-refractivity contribution in [1.29, 1.82) is 0 Å². The third-order valence-electron chi connectivity index (χ3n) is 5.66. The molecule has 1 aliphatic rings. The first-order chi connectivity index (χ1) is 14.3. The van der Waals surface area contributed by atoms with Gasteiger partial charge >= 0.3 is 0 Å². The molecular formula is C26H34N2O2. The fourth-order valence-corrected chi connectivity index (χ4v) is 3.91. The predicted octanol–water partition coefficient (Wildman–Crippen LogP) is 3.19. The SMILES string of the molecule is Cc1ccccc1CN1CCN(Cc2ccc(C#CC(C)(C)O)cc2)C[C@H]1CCO. The van der Waals surface area contributed by atoms with Crippen LogP contribution in [-0.2, 0) is 13.1 Å². The Balaban J connectivity index is 1.60. The van der Waals surface area contributed by atoms with E-state index >= 15 is 0 Å². The summed E-state index contributed by atoms with van der Waals surface area (Å²) < 4.78 is 0. The molecule has 0 unspecified atom stereocenters. The molecule has 1 atom stereocenters.